The van der Waals surface area contributed by atoms with E-state index in [0.717, 1.165) is 54.3 Å². The molecule has 1 aliphatic heterocycles. The Morgan fingerprint density at radius 2 is 1.80 bits per heavy atom. The highest BCUT2D eigenvalue weighted by Gasteiger charge is 2.28. The van der Waals surface area contributed by atoms with Crippen molar-refractivity contribution in [2.45, 2.75) is 12.6 Å². The fraction of sp³-hybridized carbons (Fsp3) is 0.250. The number of imidazole rings is 1. The van der Waals surface area contributed by atoms with E-state index in [-0.39, 0.29) is 11.9 Å². The summed E-state index contributed by atoms with van der Waals surface area (Å²) in [6.07, 6.45) is 5.79. The van der Waals surface area contributed by atoms with Crippen LogP contribution in [-0.2, 0) is 6.54 Å². The van der Waals surface area contributed by atoms with Crippen LogP contribution in [0.1, 0.15) is 17.3 Å². The molecular formula is C24H24FN5. The van der Waals surface area contributed by atoms with Crippen molar-refractivity contribution >= 4 is 5.65 Å². The zero-order valence-electron chi connectivity index (χ0n) is 16.9. The number of pyridine rings is 2. The van der Waals surface area contributed by atoms with Gasteiger partial charge < -0.3 is 0 Å². The van der Waals surface area contributed by atoms with Gasteiger partial charge in [-0.3, -0.25) is 19.2 Å². The largest absolute Gasteiger partial charge is 0.299 e. The van der Waals surface area contributed by atoms with E-state index in [1.54, 1.807) is 0 Å². The van der Waals surface area contributed by atoms with Crippen LogP contribution in [0.25, 0.3) is 16.9 Å². The number of fused-ring (bicyclic) bond motifs is 1. The van der Waals surface area contributed by atoms with Gasteiger partial charge >= 0.3 is 0 Å². The summed E-state index contributed by atoms with van der Waals surface area (Å²) in [4.78, 5) is 13.9. The average Bonchev–Trinajstić information content (AvgIpc) is 3.21. The minimum Gasteiger partial charge on any atom is -0.299 e. The number of likely N-dealkylation sites (N-methyl/N-ethyl adjacent to an activating group) is 1. The van der Waals surface area contributed by atoms with Gasteiger partial charge in [0.05, 0.1) is 17.4 Å². The number of halogens is 1. The monoisotopic (exact) mass is 401 g/mol. The molecule has 4 aromatic rings. The maximum Gasteiger partial charge on any atom is 0.137 e. The number of piperazine rings is 1. The van der Waals surface area contributed by atoms with Crippen LogP contribution in [0, 0.1) is 5.82 Å². The molecule has 5 rings (SSSR count). The second-order valence-corrected chi connectivity index (χ2v) is 7.90. The summed E-state index contributed by atoms with van der Waals surface area (Å²) in [5.74, 6) is -0.190. The van der Waals surface area contributed by atoms with Crippen molar-refractivity contribution in [3.63, 3.8) is 0 Å². The van der Waals surface area contributed by atoms with Crippen LogP contribution in [0.5, 0.6) is 0 Å². The molecule has 152 valence electrons. The standard InChI is InChI=1S/C24H24FN5/c1-28-13-14-29(15-18-5-7-20(25)8-6-18)17-23(28)21-16-30-22(3-2-4-24(30)27-21)19-9-11-26-12-10-19/h2-12,16,23H,13-15,17H2,1H3/t23-/m1/s1. The number of benzene rings is 1. The molecule has 3 aromatic heterocycles. The maximum absolute atomic E-state index is 13.2. The summed E-state index contributed by atoms with van der Waals surface area (Å²) in [7, 11) is 2.16. The van der Waals surface area contributed by atoms with Gasteiger partial charge in [0, 0.05) is 50.3 Å². The van der Waals surface area contributed by atoms with Gasteiger partial charge in [0.25, 0.3) is 0 Å². The first-order valence-corrected chi connectivity index (χ1v) is 10.2. The van der Waals surface area contributed by atoms with Crippen LogP contribution in [0.4, 0.5) is 4.39 Å². The van der Waals surface area contributed by atoms with E-state index in [1.165, 1.54) is 12.1 Å². The molecule has 1 fully saturated rings. The van der Waals surface area contributed by atoms with E-state index in [4.69, 9.17) is 4.98 Å². The first-order valence-electron chi connectivity index (χ1n) is 10.2. The molecule has 30 heavy (non-hydrogen) atoms. The Labute approximate surface area is 175 Å². The SMILES string of the molecule is CN1CCN(Cc2ccc(F)cc2)C[C@@H]1c1cn2c(-c3ccncc3)cccc2n1. The summed E-state index contributed by atoms with van der Waals surface area (Å²) in [6.45, 7) is 3.67. The summed E-state index contributed by atoms with van der Waals surface area (Å²) < 4.78 is 15.4. The van der Waals surface area contributed by atoms with Crippen molar-refractivity contribution in [2.75, 3.05) is 26.7 Å². The van der Waals surface area contributed by atoms with Crippen LogP contribution in [0.2, 0.25) is 0 Å². The van der Waals surface area contributed by atoms with Gasteiger partial charge in [0.2, 0.25) is 0 Å². The van der Waals surface area contributed by atoms with Crippen molar-refractivity contribution < 1.29 is 4.39 Å². The molecule has 0 N–H and O–H groups in total. The summed E-state index contributed by atoms with van der Waals surface area (Å²) in [5.41, 5.74) is 5.38. The predicted molar refractivity (Wildman–Crippen MR) is 115 cm³/mol. The third kappa shape index (κ3) is 3.72. The molecule has 4 heterocycles. The predicted octanol–water partition coefficient (Wildman–Crippen LogP) is 4.02. The van der Waals surface area contributed by atoms with E-state index >= 15 is 0 Å². The van der Waals surface area contributed by atoms with Gasteiger partial charge in [-0.2, -0.15) is 0 Å². The first-order chi connectivity index (χ1) is 14.7. The van der Waals surface area contributed by atoms with Gasteiger partial charge in [0.15, 0.2) is 0 Å². The van der Waals surface area contributed by atoms with Crippen molar-refractivity contribution in [3.05, 3.63) is 90.3 Å². The van der Waals surface area contributed by atoms with Crippen LogP contribution >= 0.6 is 0 Å². The van der Waals surface area contributed by atoms with Crippen molar-refractivity contribution in [3.8, 4) is 11.3 Å². The lowest BCUT2D eigenvalue weighted by molar-refractivity contribution is 0.0885. The van der Waals surface area contributed by atoms with E-state index in [2.05, 4.69) is 38.5 Å². The molecule has 0 amide bonds. The van der Waals surface area contributed by atoms with E-state index in [0.29, 0.717) is 0 Å². The smallest absolute Gasteiger partial charge is 0.137 e. The summed E-state index contributed by atoms with van der Waals surface area (Å²) >= 11 is 0. The lowest BCUT2D eigenvalue weighted by Crippen LogP contribution is -2.46. The van der Waals surface area contributed by atoms with Crippen molar-refractivity contribution in [1.29, 1.82) is 0 Å². The zero-order valence-corrected chi connectivity index (χ0v) is 16.9. The van der Waals surface area contributed by atoms with Gasteiger partial charge in [-0.25, -0.2) is 9.37 Å². The van der Waals surface area contributed by atoms with E-state index in [9.17, 15) is 4.39 Å². The number of rotatable bonds is 4. The Bertz CT molecular complexity index is 1140. The minimum atomic E-state index is -0.190. The minimum absolute atomic E-state index is 0.190. The van der Waals surface area contributed by atoms with Gasteiger partial charge in [-0.05, 0) is 49.0 Å². The average molecular weight is 401 g/mol. The third-order valence-electron chi connectivity index (χ3n) is 5.88. The molecule has 0 radical (unpaired) electrons. The Morgan fingerprint density at radius 3 is 2.60 bits per heavy atom. The summed E-state index contributed by atoms with van der Waals surface area (Å²) in [5, 5.41) is 0. The van der Waals surface area contributed by atoms with Gasteiger partial charge in [0.1, 0.15) is 11.5 Å². The molecule has 1 atom stereocenters. The molecule has 0 bridgehead atoms. The Morgan fingerprint density at radius 1 is 1.00 bits per heavy atom. The Balaban J connectivity index is 1.43. The van der Waals surface area contributed by atoms with Crippen LogP contribution < -0.4 is 0 Å². The lowest BCUT2D eigenvalue weighted by Gasteiger charge is -2.38. The van der Waals surface area contributed by atoms with Gasteiger partial charge in [-0.15, -0.1) is 0 Å². The van der Waals surface area contributed by atoms with Gasteiger partial charge in [-0.1, -0.05) is 18.2 Å². The number of hydrogen-bond donors (Lipinski definition) is 0. The topological polar surface area (TPSA) is 36.7 Å². The zero-order chi connectivity index (χ0) is 20.5. The molecule has 1 saturated heterocycles. The molecule has 0 spiro atoms. The highest BCUT2D eigenvalue weighted by molar-refractivity contribution is 5.63. The van der Waals surface area contributed by atoms with Crippen molar-refractivity contribution in [1.82, 2.24) is 24.2 Å². The number of nitrogens with zero attached hydrogens (tertiary/aromatic N) is 5. The lowest BCUT2D eigenvalue weighted by atomic mass is 10.1. The summed E-state index contributed by atoms with van der Waals surface area (Å²) in [6, 6.07) is 17.3. The number of hydrogen-bond acceptors (Lipinski definition) is 4. The van der Waals surface area contributed by atoms with Crippen LogP contribution in [0.15, 0.2) is 73.2 Å². The second kappa shape index (κ2) is 7.97. The normalized spacial score (nSPS) is 18.1. The highest BCUT2D eigenvalue weighted by atomic mass is 19.1. The van der Waals surface area contributed by atoms with E-state index < -0.39 is 0 Å². The highest BCUT2D eigenvalue weighted by Crippen LogP contribution is 2.27. The van der Waals surface area contributed by atoms with Crippen molar-refractivity contribution in [2.24, 2.45) is 0 Å². The molecule has 0 aliphatic carbocycles. The fourth-order valence-corrected chi connectivity index (χ4v) is 4.19. The Kier molecular flexibility index (Phi) is 5.02. The third-order valence-corrected chi connectivity index (χ3v) is 5.88. The molecule has 1 aromatic carbocycles. The quantitative estimate of drug-likeness (QED) is 0.518. The molecule has 1 aliphatic rings. The van der Waals surface area contributed by atoms with Crippen LogP contribution in [-0.4, -0.2) is 50.9 Å². The van der Waals surface area contributed by atoms with Crippen LogP contribution in [0.3, 0.4) is 0 Å². The second-order valence-electron chi connectivity index (χ2n) is 7.90. The molecule has 5 nitrogen and oxygen atoms in total. The molecule has 6 heteroatoms. The molecule has 0 saturated carbocycles. The Hall–Kier alpha value is -3.09. The maximum atomic E-state index is 13.2. The molecular weight excluding hydrogens is 377 g/mol. The number of aromatic nitrogens is 3. The fourth-order valence-electron chi connectivity index (χ4n) is 4.19. The molecule has 0 unspecified atom stereocenters. The van der Waals surface area contributed by atoms with E-state index in [1.807, 2.05) is 48.8 Å². The first kappa shape index (κ1) is 18.9.